The third-order valence-electron chi connectivity index (χ3n) is 2.99. The monoisotopic (exact) mass is 244 g/mol. The van der Waals surface area contributed by atoms with Crippen LogP contribution in [0.2, 0.25) is 5.02 Å². The van der Waals surface area contributed by atoms with Crippen LogP contribution in [0.4, 0.5) is 0 Å². The Balaban J connectivity index is 2.47. The molecule has 0 N–H and O–H groups in total. The maximum Gasteiger partial charge on any atom is 0.0487 e. The first kappa shape index (κ1) is 12.2. The molecule has 2 rings (SSSR count). The molecule has 0 spiro atoms. The van der Waals surface area contributed by atoms with Crippen LogP contribution in [-0.2, 0) is 0 Å². The molecule has 0 aliphatic heterocycles. The first-order valence-corrected chi connectivity index (χ1v) is 6.32. The van der Waals surface area contributed by atoms with Gasteiger partial charge in [-0.15, -0.1) is 0 Å². The first-order chi connectivity index (χ1) is 8.08. The van der Waals surface area contributed by atoms with Crippen molar-refractivity contribution in [2.24, 2.45) is 0 Å². The zero-order chi connectivity index (χ0) is 12.4. The molecule has 0 saturated carbocycles. The molecule has 0 atom stereocenters. The second-order valence-electron chi connectivity index (χ2n) is 4.76. The van der Waals surface area contributed by atoms with Gasteiger partial charge in [-0.3, -0.25) is 0 Å². The van der Waals surface area contributed by atoms with Gasteiger partial charge in [-0.05, 0) is 30.0 Å². The molecule has 0 unspecified atom stereocenters. The highest BCUT2D eigenvalue weighted by Crippen LogP contribution is 2.31. The average Bonchev–Trinajstić information content (AvgIpc) is 2.28. The second-order valence-corrected chi connectivity index (χ2v) is 5.17. The van der Waals surface area contributed by atoms with E-state index in [1.54, 1.807) is 0 Å². The maximum absolute atomic E-state index is 6.36. The van der Waals surface area contributed by atoms with Crippen LogP contribution in [0.15, 0.2) is 42.5 Å². The SMILES string of the molecule is Cc1cccc(-c2ccc(C(C)C)cc2Cl)c1. The molecule has 0 heterocycles. The molecular weight excluding hydrogens is 228 g/mol. The molecule has 88 valence electrons. The number of rotatable bonds is 2. The third kappa shape index (κ3) is 2.70. The van der Waals surface area contributed by atoms with E-state index in [0.29, 0.717) is 5.92 Å². The molecule has 0 nitrogen and oxygen atoms in total. The number of halogens is 1. The van der Waals surface area contributed by atoms with Crippen LogP contribution in [0.3, 0.4) is 0 Å². The van der Waals surface area contributed by atoms with Crippen molar-refractivity contribution in [3.63, 3.8) is 0 Å². The van der Waals surface area contributed by atoms with Crippen molar-refractivity contribution < 1.29 is 0 Å². The van der Waals surface area contributed by atoms with Gasteiger partial charge in [0.25, 0.3) is 0 Å². The first-order valence-electron chi connectivity index (χ1n) is 5.94. The second kappa shape index (κ2) is 4.93. The largest absolute Gasteiger partial charge is 0.0837 e. The molecule has 0 saturated heterocycles. The smallest absolute Gasteiger partial charge is 0.0487 e. The molecule has 0 amide bonds. The maximum atomic E-state index is 6.36. The van der Waals surface area contributed by atoms with Gasteiger partial charge in [-0.1, -0.05) is 67.4 Å². The fourth-order valence-electron chi connectivity index (χ4n) is 1.94. The van der Waals surface area contributed by atoms with Gasteiger partial charge in [0.1, 0.15) is 0 Å². The zero-order valence-corrected chi connectivity index (χ0v) is 11.3. The molecule has 0 bridgehead atoms. The summed E-state index contributed by atoms with van der Waals surface area (Å²) < 4.78 is 0. The normalized spacial score (nSPS) is 10.9. The quantitative estimate of drug-likeness (QED) is 0.660. The van der Waals surface area contributed by atoms with E-state index in [-0.39, 0.29) is 0 Å². The van der Waals surface area contributed by atoms with Gasteiger partial charge < -0.3 is 0 Å². The lowest BCUT2D eigenvalue weighted by atomic mass is 9.98. The van der Waals surface area contributed by atoms with Gasteiger partial charge in [-0.25, -0.2) is 0 Å². The Bertz CT molecular complexity index is 527. The lowest BCUT2D eigenvalue weighted by Crippen LogP contribution is -1.88. The zero-order valence-electron chi connectivity index (χ0n) is 10.5. The summed E-state index contributed by atoms with van der Waals surface area (Å²) in [6, 6.07) is 14.8. The fourth-order valence-corrected chi connectivity index (χ4v) is 2.24. The van der Waals surface area contributed by atoms with E-state index >= 15 is 0 Å². The lowest BCUT2D eigenvalue weighted by Gasteiger charge is -2.10. The van der Waals surface area contributed by atoms with Crippen molar-refractivity contribution in [1.29, 1.82) is 0 Å². The van der Waals surface area contributed by atoms with Crippen molar-refractivity contribution in [3.05, 3.63) is 58.6 Å². The molecule has 0 aliphatic carbocycles. The summed E-state index contributed by atoms with van der Waals surface area (Å²) in [5.74, 6) is 0.513. The minimum absolute atomic E-state index is 0.513. The molecule has 0 aliphatic rings. The van der Waals surface area contributed by atoms with Gasteiger partial charge in [-0.2, -0.15) is 0 Å². The van der Waals surface area contributed by atoms with Crippen LogP contribution >= 0.6 is 11.6 Å². The molecule has 0 radical (unpaired) electrons. The lowest BCUT2D eigenvalue weighted by molar-refractivity contribution is 0.867. The summed E-state index contributed by atoms with van der Waals surface area (Å²) in [5, 5.41) is 0.835. The summed E-state index contributed by atoms with van der Waals surface area (Å²) in [7, 11) is 0. The molecular formula is C16H17Cl. The summed E-state index contributed by atoms with van der Waals surface area (Å²) in [4.78, 5) is 0. The number of aryl methyl sites for hydroxylation is 1. The highest BCUT2D eigenvalue weighted by molar-refractivity contribution is 6.33. The Morgan fingerprint density at radius 1 is 1.00 bits per heavy atom. The Hall–Kier alpha value is -1.27. The van der Waals surface area contributed by atoms with Crippen molar-refractivity contribution >= 4 is 11.6 Å². The standard InChI is InChI=1S/C16H17Cl/c1-11(2)13-7-8-15(16(17)10-13)14-6-4-5-12(3)9-14/h4-11H,1-3H3. The third-order valence-corrected chi connectivity index (χ3v) is 3.30. The predicted molar refractivity (Wildman–Crippen MR) is 75.7 cm³/mol. The summed E-state index contributed by atoms with van der Waals surface area (Å²) in [6.07, 6.45) is 0. The molecule has 0 aromatic heterocycles. The van der Waals surface area contributed by atoms with Crippen molar-refractivity contribution in [2.75, 3.05) is 0 Å². The summed E-state index contributed by atoms with van der Waals surface area (Å²) >= 11 is 6.36. The van der Waals surface area contributed by atoms with Gasteiger partial charge >= 0.3 is 0 Å². The van der Waals surface area contributed by atoms with E-state index in [9.17, 15) is 0 Å². The van der Waals surface area contributed by atoms with Gasteiger partial charge in [0.2, 0.25) is 0 Å². The van der Waals surface area contributed by atoms with E-state index in [1.165, 1.54) is 16.7 Å². The summed E-state index contributed by atoms with van der Waals surface area (Å²) in [5.41, 5.74) is 4.84. The van der Waals surface area contributed by atoms with Crippen molar-refractivity contribution in [3.8, 4) is 11.1 Å². The minimum Gasteiger partial charge on any atom is -0.0837 e. The summed E-state index contributed by atoms with van der Waals surface area (Å²) in [6.45, 7) is 6.45. The van der Waals surface area contributed by atoms with Crippen LogP contribution in [0.5, 0.6) is 0 Å². The molecule has 1 heteroatoms. The molecule has 2 aromatic carbocycles. The Kier molecular flexibility index (Phi) is 3.54. The number of benzene rings is 2. The minimum atomic E-state index is 0.513. The fraction of sp³-hybridized carbons (Fsp3) is 0.250. The van der Waals surface area contributed by atoms with Gasteiger partial charge in [0.05, 0.1) is 0 Å². The molecule has 17 heavy (non-hydrogen) atoms. The van der Waals surface area contributed by atoms with Crippen LogP contribution in [0.1, 0.15) is 30.9 Å². The van der Waals surface area contributed by atoms with E-state index in [1.807, 2.05) is 0 Å². The van der Waals surface area contributed by atoms with Crippen LogP contribution in [0, 0.1) is 6.92 Å². The predicted octanol–water partition coefficient (Wildman–Crippen LogP) is 5.44. The highest BCUT2D eigenvalue weighted by atomic mass is 35.5. The van der Waals surface area contributed by atoms with Crippen LogP contribution in [-0.4, -0.2) is 0 Å². The van der Waals surface area contributed by atoms with Crippen molar-refractivity contribution in [1.82, 2.24) is 0 Å². The number of hydrogen-bond donors (Lipinski definition) is 0. The molecule has 0 fully saturated rings. The Labute approximate surface area is 108 Å². The Morgan fingerprint density at radius 2 is 1.76 bits per heavy atom. The molecule has 2 aromatic rings. The Morgan fingerprint density at radius 3 is 2.35 bits per heavy atom. The highest BCUT2D eigenvalue weighted by Gasteiger charge is 2.06. The van der Waals surface area contributed by atoms with Gasteiger partial charge in [0.15, 0.2) is 0 Å². The number of hydrogen-bond acceptors (Lipinski definition) is 0. The van der Waals surface area contributed by atoms with E-state index in [2.05, 4.69) is 63.2 Å². The van der Waals surface area contributed by atoms with E-state index < -0.39 is 0 Å². The van der Waals surface area contributed by atoms with E-state index in [0.717, 1.165) is 10.6 Å². The van der Waals surface area contributed by atoms with Crippen LogP contribution < -0.4 is 0 Å². The van der Waals surface area contributed by atoms with E-state index in [4.69, 9.17) is 11.6 Å². The van der Waals surface area contributed by atoms with Crippen molar-refractivity contribution in [2.45, 2.75) is 26.7 Å². The topological polar surface area (TPSA) is 0 Å². The average molecular weight is 245 g/mol. The van der Waals surface area contributed by atoms with Gasteiger partial charge in [0, 0.05) is 10.6 Å². The van der Waals surface area contributed by atoms with Crippen LogP contribution in [0.25, 0.3) is 11.1 Å².